The van der Waals surface area contributed by atoms with E-state index in [4.69, 9.17) is 4.74 Å². The summed E-state index contributed by atoms with van der Waals surface area (Å²) in [5, 5.41) is 0. The van der Waals surface area contributed by atoms with Crippen LogP contribution in [0.25, 0.3) is 0 Å². The maximum atomic E-state index is 13.4. The van der Waals surface area contributed by atoms with Crippen molar-refractivity contribution in [2.24, 2.45) is 5.92 Å². The Morgan fingerprint density at radius 1 is 1.00 bits per heavy atom. The lowest BCUT2D eigenvalue weighted by molar-refractivity contribution is 0.0244. The predicted molar refractivity (Wildman–Crippen MR) is 124 cm³/mol. The SMILES string of the molecule is CN(CC1CCCN(C(=O)c2ccccc2C(=O)c2ccccc2)C1)C(=O)OC(C)(C)C. The van der Waals surface area contributed by atoms with Gasteiger partial charge >= 0.3 is 6.09 Å². The molecule has 1 aliphatic rings. The standard InChI is InChI=1S/C26H32N2O4/c1-26(2,3)32-25(31)27(4)17-19-11-10-16-28(18-19)24(30)22-15-9-8-14-21(22)23(29)20-12-6-5-7-13-20/h5-9,12-15,19H,10-11,16-18H2,1-4H3. The number of likely N-dealkylation sites (tertiary alicyclic amines) is 1. The normalized spacial score (nSPS) is 16.4. The summed E-state index contributed by atoms with van der Waals surface area (Å²) in [4.78, 5) is 42.1. The Labute approximate surface area is 190 Å². The minimum Gasteiger partial charge on any atom is -0.444 e. The van der Waals surface area contributed by atoms with Gasteiger partial charge in [-0.05, 0) is 45.6 Å². The van der Waals surface area contributed by atoms with Crippen molar-refractivity contribution in [3.05, 3.63) is 71.3 Å². The minimum atomic E-state index is -0.547. The number of amides is 2. The van der Waals surface area contributed by atoms with Crippen LogP contribution >= 0.6 is 0 Å². The molecule has 6 heteroatoms. The monoisotopic (exact) mass is 436 g/mol. The van der Waals surface area contributed by atoms with Gasteiger partial charge in [0, 0.05) is 37.8 Å². The van der Waals surface area contributed by atoms with Gasteiger partial charge in [-0.1, -0.05) is 48.5 Å². The van der Waals surface area contributed by atoms with Crippen molar-refractivity contribution >= 4 is 17.8 Å². The van der Waals surface area contributed by atoms with Gasteiger partial charge in [-0.15, -0.1) is 0 Å². The van der Waals surface area contributed by atoms with E-state index in [1.807, 2.05) is 39.0 Å². The summed E-state index contributed by atoms with van der Waals surface area (Å²) in [5.74, 6) is -0.149. The average Bonchev–Trinajstić information content (AvgIpc) is 2.77. The molecule has 0 aliphatic carbocycles. The lowest BCUT2D eigenvalue weighted by Gasteiger charge is -2.35. The number of rotatable bonds is 5. The number of carbonyl (C=O) groups excluding carboxylic acids is 3. The summed E-state index contributed by atoms with van der Waals surface area (Å²) < 4.78 is 5.44. The van der Waals surface area contributed by atoms with E-state index in [2.05, 4.69) is 0 Å². The molecule has 1 unspecified atom stereocenters. The van der Waals surface area contributed by atoms with Crippen LogP contribution in [0.15, 0.2) is 54.6 Å². The molecule has 0 bridgehead atoms. The lowest BCUT2D eigenvalue weighted by Crippen LogP contribution is -2.45. The fourth-order valence-electron chi connectivity index (χ4n) is 3.98. The number of piperidine rings is 1. The molecule has 1 atom stereocenters. The first-order valence-corrected chi connectivity index (χ1v) is 11.1. The van der Waals surface area contributed by atoms with Gasteiger partial charge in [-0.2, -0.15) is 0 Å². The zero-order valence-electron chi connectivity index (χ0n) is 19.3. The molecule has 1 aliphatic heterocycles. The van der Waals surface area contributed by atoms with Gasteiger partial charge < -0.3 is 14.5 Å². The minimum absolute atomic E-state index is 0.144. The van der Waals surface area contributed by atoms with Crippen LogP contribution in [0.5, 0.6) is 0 Å². The molecule has 3 rings (SSSR count). The van der Waals surface area contributed by atoms with Gasteiger partial charge in [0.05, 0.1) is 5.56 Å². The molecule has 32 heavy (non-hydrogen) atoms. The lowest BCUT2D eigenvalue weighted by atomic mass is 9.94. The van der Waals surface area contributed by atoms with Gasteiger partial charge in [-0.3, -0.25) is 9.59 Å². The third kappa shape index (κ3) is 5.96. The first-order valence-electron chi connectivity index (χ1n) is 11.1. The summed E-state index contributed by atoms with van der Waals surface area (Å²) in [6.07, 6.45) is 1.43. The van der Waals surface area contributed by atoms with Crippen molar-refractivity contribution in [3.63, 3.8) is 0 Å². The Kier molecular flexibility index (Phi) is 7.33. The van der Waals surface area contributed by atoms with Crippen LogP contribution in [0.4, 0.5) is 4.79 Å². The average molecular weight is 437 g/mol. The van der Waals surface area contributed by atoms with Crippen molar-refractivity contribution in [3.8, 4) is 0 Å². The third-order valence-corrected chi connectivity index (χ3v) is 5.48. The Hall–Kier alpha value is -3.15. The van der Waals surface area contributed by atoms with Crippen molar-refractivity contribution in [2.45, 2.75) is 39.2 Å². The summed E-state index contributed by atoms with van der Waals surface area (Å²) in [6.45, 7) is 7.22. The van der Waals surface area contributed by atoms with Crippen LogP contribution in [-0.4, -0.2) is 59.9 Å². The zero-order valence-corrected chi connectivity index (χ0v) is 19.3. The van der Waals surface area contributed by atoms with Gasteiger partial charge in [0.2, 0.25) is 0 Å². The van der Waals surface area contributed by atoms with E-state index < -0.39 is 5.60 Å². The van der Waals surface area contributed by atoms with E-state index in [-0.39, 0.29) is 23.7 Å². The Morgan fingerprint density at radius 3 is 2.28 bits per heavy atom. The molecule has 0 spiro atoms. The highest BCUT2D eigenvalue weighted by Crippen LogP contribution is 2.23. The van der Waals surface area contributed by atoms with Crippen LogP contribution in [0, 0.1) is 5.92 Å². The summed E-state index contributed by atoms with van der Waals surface area (Å²) in [6, 6.07) is 16.0. The van der Waals surface area contributed by atoms with E-state index >= 15 is 0 Å². The smallest absolute Gasteiger partial charge is 0.410 e. The summed E-state index contributed by atoms with van der Waals surface area (Å²) in [7, 11) is 1.72. The Bertz CT molecular complexity index is 965. The second kappa shape index (κ2) is 9.98. The quantitative estimate of drug-likeness (QED) is 0.641. The number of nitrogens with zero attached hydrogens (tertiary/aromatic N) is 2. The van der Waals surface area contributed by atoms with Crippen LogP contribution in [0.1, 0.15) is 59.9 Å². The summed E-state index contributed by atoms with van der Waals surface area (Å²) >= 11 is 0. The maximum absolute atomic E-state index is 13.4. The number of hydrogen-bond donors (Lipinski definition) is 0. The molecule has 2 amide bonds. The number of benzene rings is 2. The van der Waals surface area contributed by atoms with E-state index in [1.165, 1.54) is 0 Å². The van der Waals surface area contributed by atoms with Crippen LogP contribution < -0.4 is 0 Å². The summed E-state index contributed by atoms with van der Waals surface area (Å²) in [5.41, 5.74) is 0.844. The van der Waals surface area contributed by atoms with Gasteiger partial charge in [-0.25, -0.2) is 4.79 Å². The number of carbonyl (C=O) groups is 3. The van der Waals surface area contributed by atoms with Gasteiger partial charge in [0.15, 0.2) is 5.78 Å². The number of hydrogen-bond acceptors (Lipinski definition) is 4. The Morgan fingerprint density at radius 2 is 1.62 bits per heavy atom. The number of ketones is 1. The highest BCUT2D eigenvalue weighted by Gasteiger charge is 2.29. The molecule has 2 aromatic carbocycles. The van der Waals surface area contributed by atoms with E-state index in [0.29, 0.717) is 36.3 Å². The van der Waals surface area contributed by atoms with Gasteiger partial charge in [0.1, 0.15) is 5.60 Å². The predicted octanol–water partition coefficient (Wildman–Crippen LogP) is 4.64. The molecule has 170 valence electrons. The molecule has 0 N–H and O–H groups in total. The van der Waals surface area contributed by atoms with Crippen molar-refractivity contribution < 1.29 is 19.1 Å². The maximum Gasteiger partial charge on any atom is 0.410 e. The molecular formula is C26H32N2O4. The second-order valence-corrected chi connectivity index (χ2v) is 9.36. The molecule has 1 saturated heterocycles. The Balaban J connectivity index is 1.71. The third-order valence-electron chi connectivity index (χ3n) is 5.48. The molecule has 1 fully saturated rings. The van der Waals surface area contributed by atoms with Crippen LogP contribution in [0.2, 0.25) is 0 Å². The zero-order chi connectivity index (χ0) is 23.3. The molecule has 6 nitrogen and oxygen atoms in total. The van der Waals surface area contributed by atoms with E-state index in [1.54, 1.807) is 53.2 Å². The van der Waals surface area contributed by atoms with Crippen LogP contribution in [0.3, 0.4) is 0 Å². The topological polar surface area (TPSA) is 66.9 Å². The molecule has 1 heterocycles. The van der Waals surface area contributed by atoms with E-state index in [0.717, 1.165) is 12.8 Å². The fourth-order valence-corrected chi connectivity index (χ4v) is 3.98. The fraction of sp³-hybridized carbons (Fsp3) is 0.423. The van der Waals surface area contributed by atoms with Crippen molar-refractivity contribution in [2.75, 3.05) is 26.7 Å². The first kappa shape index (κ1) is 23.5. The van der Waals surface area contributed by atoms with E-state index in [9.17, 15) is 14.4 Å². The van der Waals surface area contributed by atoms with Crippen LogP contribution in [-0.2, 0) is 4.74 Å². The first-order chi connectivity index (χ1) is 15.2. The molecule has 0 radical (unpaired) electrons. The molecular weight excluding hydrogens is 404 g/mol. The highest BCUT2D eigenvalue weighted by atomic mass is 16.6. The largest absolute Gasteiger partial charge is 0.444 e. The second-order valence-electron chi connectivity index (χ2n) is 9.36. The molecule has 0 aromatic heterocycles. The van der Waals surface area contributed by atoms with Gasteiger partial charge in [0.25, 0.3) is 5.91 Å². The molecule has 0 saturated carbocycles. The number of ether oxygens (including phenoxy) is 1. The molecule has 2 aromatic rings. The van der Waals surface area contributed by atoms with Crippen molar-refractivity contribution in [1.29, 1.82) is 0 Å². The highest BCUT2D eigenvalue weighted by molar-refractivity contribution is 6.15. The van der Waals surface area contributed by atoms with Crippen molar-refractivity contribution in [1.82, 2.24) is 9.80 Å².